The highest BCUT2D eigenvalue weighted by molar-refractivity contribution is 5.83. The van der Waals surface area contributed by atoms with Crippen LogP contribution < -0.4 is 10.6 Å². The normalized spacial score (nSPS) is 21.3. The zero-order chi connectivity index (χ0) is 10.7. The van der Waals surface area contributed by atoms with E-state index >= 15 is 0 Å². The number of para-hydroxylation sites is 1. The Morgan fingerprint density at radius 2 is 2.00 bits per heavy atom. The van der Waals surface area contributed by atoms with Crippen LogP contribution in [-0.2, 0) is 4.79 Å². The summed E-state index contributed by atoms with van der Waals surface area (Å²) in [4.78, 5) is 13.4. The van der Waals surface area contributed by atoms with Crippen molar-refractivity contribution in [3.05, 3.63) is 30.3 Å². The fourth-order valence-corrected chi connectivity index (χ4v) is 2.16. The van der Waals surface area contributed by atoms with Crippen LogP contribution >= 0.6 is 0 Å². The largest absolute Gasteiger partial charge is 0.368 e. The van der Waals surface area contributed by atoms with Crippen molar-refractivity contribution in [2.24, 2.45) is 5.73 Å². The van der Waals surface area contributed by atoms with Crippen LogP contribution in [0.1, 0.15) is 19.3 Å². The Morgan fingerprint density at radius 3 is 2.67 bits per heavy atom. The van der Waals surface area contributed by atoms with Gasteiger partial charge >= 0.3 is 0 Å². The SMILES string of the molecule is NC(=O)C1CCCCN1c1ccccc1. The van der Waals surface area contributed by atoms with Crippen molar-refractivity contribution in [2.45, 2.75) is 25.3 Å². The Kier molecular flexibility index (Phi) is 2.90. The first-order valence-corrected chi connectivity index (χ1v) is 5.40. The highest BCUT2D eigenvalue weighted by Gasteiger charge is 2.26. The number of benzene rings is 1. The van der Waals surface area contributed by atoms with Gasteiger partial charge < -0.3 is 10.6 Å². The van der Waals surface area contributed by atoms with Crippen molar-refractivity contribution < 1.29 is 4.79 Å². The predicted octanol–water partition coefficient (Wildman–Crippen LogP) is 1.53. The summed E-state index contributed by atoms with van der Waals surface area (Å²) in [5.41, 5.74) is 6.51. The number of hydrogen-bond acceptors (Lipinski definition) is 2. The third-order valence-corrected chi connectivity index (χ3v) is 2.92. The molecular weight excluding hydrogens is 188 g/mol. The van der Waals surface area contributed by atoms with Gasteiger partial charge in [-0.3, -0.25) is 4.79 Å². The number of nitrogens with zero attached hydrogens (tertiary/aromatic N) is 1. The number of nitrogens with two attached hydrogens (primary N) is 1. The zero-order valence-corrected chi connectivity index (χ0v) is 8.73. The molecule has 1 aromatic carbocycles. The Bertz CT molecular complexity index is 337. The summed E-state index contributed by atoms with van der Waals surface area (Å²) in [6.07, 6.45) is 3.11. The van der Waals surface area contributed by atoms with Crippen molar-refractivity contribution in [3.63, 3.8) is 0 Å². The van der Waals surface area contributed by atoms with E-state index in [-0.39, 0.29) is 11.9 Å². The standard InChI is InChI=1S/C12H16N2O/c13-12(15)11-8-4-5-9-14(11)10-6-2-1-3-7-10/h1-3,6-7,11H,4-5,8-9H2,(H2,13,15). The molecule has 1 heterocycles. The van der Waals surface area contributed by atoms with E-state index < -0.39 is 0 Å². The lowest BCUT2D eigenvalue weighted by Crippen LogP contribution is -2.47. The summed E-state index contributed by atoms with van der Waals surface area (Å²) in [6.45, 7) is 0.928. The molecule has 2 rings (SSSR count). The number of carbonyl (C=O) groups is 1. The van der Waals surface area contributed by atoms with Gasteiger partial charge in [0.15, 0.2) is 0 Å². The molecular formula is C12H16N2O. The Morgan fingerprint density at radius 1 is 1.27 bits per heavy atom. The van der Waals surface area contributed by atoms with Gasteiger partial charge in [0.05, 0.1) is 0 Å². The van der Waals surface area contributed by atoms with Crippen LogP contribution in [0.2, 0.25) is 0 Å². The van der Waals surface area contributed by atoms with E-state index in [0.717, 1.165) is 31.5 Å². The molecule has 1 unspecified atom stereocenters. The first-order chi connectivity index (χ1) is 7.29. The maximum atomic E-state index is 11.3. The summed E-state index contributed by atoms with van der Waals surface area (Å²) in [7, 11) is 0. The van der Waals surface area contributed by atoms with Crippen molar-refractivity contribution in [3.8, 4) is 0 Å². The van der Waals surface area contributed by atoms with Gasteiger partial charge in [-0.25, -0.2) is 0 Å². The molecule has 1 aliphatic heterocycles. The molecule has 80 valence electrons. The van der Waals surface area contributed by atoms with Crippen LogP contribution in [0.4, 0.5) is 5.69 Å². The highest BCUT2D eigenvalue weighted by Crippen LogP contribution is 2.24. The molecule has 0 aromatic heterocycles. The summed E-state index contributed by atoms with van der Waals surface area (Å²) >= 11 is 0. The van der Waals surface area contributed by atoms with Crippen LogP contribution in [0.15, 0.2) is 30.3 Å². The quantitative estimate of drug-likeness (QED) is 0.794. The van der Waals surface area contributed by atoms with Crippen molar-refractivity contribution in [1.82, 2.24) is 0 Å². The van der Waals surface area contributed by atoms with Crippen LogP contribution in [0.25, 0.3) is 0 Å². The first-order valence-electron chi connectivity index (χ1n) is 5.40. The number of hydrogen-bond donors (Lipinski definition) is 1. The van der Waals surface area contributed by atoms with E-state index in [9.17, 15) is 4.79 Å². The van der Waals surface area contributed by atoms with Gasteiger partial charge in [-0.05, 0) is 31.4 Å². The summed E-state index contributed by atoms with van der Waals surface area (Å²) < 4.78 is 0. The minimum atomic E-state index is -0.210. The fourth-order valence-electron chi connectivity index (χ4n) is 2.16. The Labute approximate surface area is 89.9 Å². The summed E-state index contributed by atoms with van der Waals surface area (Å²) in [5.74, 6) is -0.210. The molecule has 0 spiro atoms. The molecule has 1 fully saturated rings. The lowest BCUT2D eigenvalue weighted by Gasteiger charge is -2.35. The van der Waals surface area contributed by atoms with Crippen LogP contribution in [0, 0.1) is 0 Å². The molecule has 1 aromatic rings. The Hall–Kier alpha value is -1.51. The molecule has 1 atom stereocenters. The topological polar surface area (TPSA) is 46.3 Å². The molecule has 0 bridgehead atoms. The van der Waals surface area contributed by atoms with Gasteiger partial charge in [-0.1, -0.05) is 18.2 Å². The number of piperidine rings is 1. The highest BCUT2D eigenvalue weighted by atomic mass is 16.1. The van der Waals surface area contributed by atoms with Gasteiger partial charge in [0.2, 0.25) is 5.91 Å². The molecule has 15 heavy (non-hydrogen) atoms. The molecule has 2 N–H and O–H groups in total. The minimum Gasteiger partial charge on any atom is -0.368 e. The smallest absolute Gasteiger partial charge is 0.240 e. The average molecular weight is 204 g/mol. The number of amides is 1. The number of carbonyl (C=O) groups excluding carboxylic acids is 1. The second-order valence-electron chi connectivity index (χ2n) is 3.94. The predicted molar refractivity (Wildman–Crippen MR) is 60.6 cm³/mol. The molecule has 3 nitrogen and oxygen atoms in total. The van der Waals surface area contributed by atoms with Crippen molar-refractivity contribution >= 4 is 11.6 Å². The fraction of sp³-hybridized carbons (Fsp3) is 0.417. The van der Waals surface area contributed by atoms with E-state index in [0.29, 0.717) is 0 Å². The number of primary amides is 1. The van der Waals surface area contributed by atoms with Gasteiger partial charge in [0.25, 0.3) is 0 Å². The van der Waals surface area contributed by atoms with Gasteiger partial charge in [0.1, 0.15) is 6.04 Å². The molecule has 1 saturated heterocycles. The minimum absolute atomic E-state index is 0.124. The molecule has 0 aliphatic carbocycles. The maximum absolute atomic E-state index is 11.3. The first kappa shape index (κ1) is 10.0. The maximum Gasteiger partial charge on any atom is 0.240 e. The average Bonchev–Trinajstić information content (AvgIpc) is 2.30. The van der Waals surface area contributed by atoms with Crippen LogP contribution in [0.5, 0.6) is 0 Å². The number of anilines is 1. The van der Waals surface area contributed by atoms with Gasteiger partial charge in [-0.2, -0.15) is 0 Å². The Balaban J connectivity index is 2.22. The van der Waals surface area contributed by atoms with Gasteiger partial charge in [-0.15, -0.1) is 0 Å². The lowest BCUT2D eigenvalue weighted by molar-refractivity contribution is -0.119. The monoisotopic (exact) mass is 204 g/mol. The number of rotatable bonds is 2. The van der Waals surface area contributed by atoms with E-state index in [4.69, 9.17) is 5.73 Å². The second-order valence-corrected chi connectivity index (χ2v) is 3.94. The van der Waals surface area contributed by atoms with Gasteiger partial charge in [0, 0.05) is 12.2 Å². The molecule has 0 saturated carbocycles. The molecule has 1 aliphatic rings. The molecule has 1 amide bonds. The lowest BCUT2D eigenvalue weighted by atomic mass is 10.0. The zero-order valence-electron chi connectivity index (χ0n) is 8.73. The van der Waals surface area contributed by atoms with Crippen LogP contribution in [0.3, 0.4) is 0 Å². The molecule has 0 radical (unpaired) electrons. The third kappa shape index (κ3) is 2.12. The second kappa shape index (κ2) is 4.34. The van der Waals surface area contributed by atoms with E-state index in [1.165, 1.54) is 0 Å². The van der Waals surface area contributed by atoms with Crippen molar-refractivity contribution in [1.29, 1.82) is 0 Å². The summed E-state index contributed by atoms with van der Waals surface area (Å²) in [5, 5.41) is 0. The van der Waals surface area contributed by atoms with E-state index in [1.54, 1.807) is 0 Å². The summed E-state index contributed by atoms with van der Waals surface area (Å²) in [6, 6.07) is 9.89. The third-order valence-electron chi connectivity index (χ3n) is 2.92. The van der Waals surface area contributed by atoms with E-state index in [1.807, 2.05) is 30.3 Å². The van der Waals surface area contributed by atoms with E-state index in [2.05, 4.69) is 4.90 Å². The molecule has 3 heteroatoms. The van der Waals surface area contributed by atoms with Crippen LogP contribution in [-0.4, -0.2) is 18.5 Å². The van der Waals surface area contributed by atoms with Crippen molar-refractivity contribution in [2.75, 3.05) is 11.4 Å².